The molecule has 2 atom stereocenters. The Hall–Kier alpha value is -1.11. The monoisotopic (exact) mass is 204 g/mol. The number of Topliss-reactive ketones (excluding diaryl/α,β-unsaturated/α-hetero) is 1. The molecule has 82 valence electrons. The van der Waals surface area contributed by atoms with E-state index >= 15 is 0 Å². The van der Waals surface area contributed by atoms with Crippen molar-refractivity contribution in [1.29, 1.82) is 0 Å². The van der Waals surface area contributed by atoms with Crippen LogP contribution in [0.3, 0.4) is 0 Å². The first-order valence-electron chi connectivity index (χ1n) is 5.39. The number of rotatable bonds is 3. The Morgan fingerprint density at radius 2 is 2.20 bits per heavy atom. The third kappa shape index (κ3) is 2.28. The minimum absolute atomic E-state index is 0.0603. The Morgan fingerprint density at radius 3 is 2.60 bits per heavy atom. The molecule has 0 aliphatic heterocycles. The zero-order chi connectivity index (χ0) is 11.6. The summed E-state index contributed by atoms with van der Waals surface area (Å²) in [5.74, 6) is 0.534. The Balaban J connectivity index is 3.03. The average Bonchev–Trinajstić information content (AvgIpc) is 2.17. The second-order valence-corrected chi connectivity index (χ2v) is 4.80. The van der Waals surface area contributed by atoms with Crippen molar-refractivity contribution in [2.45, 2.75) is 33.6 Å². The van der Waals surface area contributed by atoms with Crippen molar-refractivity contribution in [1.82, 2.24) is 0 Å². The Labute approximate surface area is 92.6 Å². The van der Waals surface area contributed by atoms with Crippen LogP contribution in [0.5, 0.6) is 0 Å². The van der Waals surface area contributed by atoms with Gasteiger partial charge in [0.1, 0.15) is 0 Å². The topological polar surface area (TPSA) is 17.1 Å². The normalized spacial score (nSPS) is 30.6. The number of hydrogen-bond donors (Lipinski definition) is 0. The van der Waals surface area contributed by atoms with Gasteiger partial charge in [0.25, 0.3) is 0 Å². The summed E-state index contributed by atoms with van der Waals surface area (Å²) in [6.07, 6.45) is 5.76. The van der Waals surface area contributed by atoms with Crippen LogP contribution in [0, 0.1) is 11.3 Å². The molecular weight excluding hydrogens is 184 g/mol. The van der Waals surface area contributed by atoms with E-state index in [-0.39, 0.29) is 11.2 Å². The first-order valence-corrected chi connectivity index (χ1v) is 5.39. The summed E-state index contributed by atoms with van der Waals surface area (Å²) in [4.78, 5) is 11.3. The maximum absolute atomic E-state index is 11.3. The van der Waals surface area contributed by atoms with Crippen LogP contribution in [0.15, 0.2) is 36.5 Å². The maximum atomic E-state index is 11.3. The molecule has 1 heteroatoms. The molecule has 0 aromatic rings. The van der Waals surface area contributed by atoms with Crippen molar-refractivity contribution >= 4 is 5.78 Å². The van der Waals surface area contributed by atoms with Crippen LogP contribution in [0.2, 0.25) is 0 Å². The second-order valence-electron chi connectivity index (χ2n) is 4.80. The van der Waals surface area contributed by atoms with Crippen molar-refractivity contribution in [2.24, 2.45) is 11.3 Å². The van der Waals surface area contributed by atoms with Crippen LogP contribution >= 0.6 is 0 Å². The molecule has 1 nitrogen and oxygen atoms in total. The van der Waals surface area contributed by atoms with E-state index in [1.54, 1.807) is 6.92 Å². The van der Waals surface area contributed by atoms with Crippen molar-refractivity contribution in [3.8, 4) is 0 Å². The second kappa shape index (κ2) is 4.18. The highest BCUT2D eigenvalue weighted by molar-refractivity contribution is 5.93. The fraction of sp³-hybridized carbons (Fsp3) is 0.500. The van der Waals surface area contributed by atoms with Crippen LogP contribution in [-0.2, 0) is 4.79 Å². The number of hydrogen-bond acceptors (Lipinski definition) is 1. The van der Waals surface area contributed by atoms with Gasteiger partial charge in [-0.15, -0.1) is 6.58 Å². The van der Waals surface area contributed by atoms with Gasteiger partial charge in [0, 0.05) is 0 Å². The van der Waals surface area contributed by atoms with Gasteiger partial charge in [-0.2, -0.15) is 0 Å². The zero-order valence-corrected chi connectivity index (χ0v) is 9.97. The van der Waals surface area contributed by atoms with Gasteiger partial charge in [0.15, 0.2) is 5.78 Å². The van der Waals surface area contributed by atoms with Crippen LogP contribution in [0.4, 0.5) is 0 Å². The smallest absolute Gasteiger partial charge is 0.155 e. The van der Waals surface area contributed by atoms with Crippen LogP contribution in [-0.4, -0.2) is 5.78 Å². The first-order chi connectivity index (χ1) is 6.90. The van der Waals surface area contributed by atoms with Gasteiger partial charge < -0.3 is 0 Å². The van der Waals surface area contributed by atoms with E-state index in [9.17, 15) is 4.79 Å². The highest BCUT2D eigenvalue weighted by atomic mass is 16.1. The molecule has 0 saturated carbocycles. The molecule has 0 aromatic carbocycles. The molecule has 15 heavy (non-hydrogen) atoms. The summed E-state index contributed by atoms with van der Waals surface area (Å²) < 4.78 is 0. The molecule has 0 saturated heterocycles. The molecule has 1 aliphatic rings. The van der Waals surface area contributed by atoms with Crippen molar-refractivity contribution in [3.63, 3.8) is 0 Å². The van der Waals surface area contributed by atoms with Gasteiger partial charge in [0.2, 0.25) is 0 Å². The Kier molecular flexibility index (Phi) is 3.33. The van der Waals surface area contributed by atoms with Crippen LogP contribution < -0.4 is 0 Å². The summed E-state index contributed by atoms with van der Waals surface area (Å²) in [5.41, 5.74) is 2.15. The van der Waals surface area contributed by atoms with E-state index in [0.717, 1.165) is 24.0 Å². The lowest BCUT2D eigenvalue weighted by molar-refractivity contribution is -0.114. The molecule has 1 rings (SSSR count). The van der Waals surface area contributed by atoms with E-state index in [1.165, 1.54) is 0 Å². The van der Waals surface area contributed by atoms with Crippen molar-refractivity contribution in [2.75, 3.05) is 0 Å². The summed E-state index contributed by atoms with van der Waals surface area (Å²) in [6.45, 7) is 13.8. The Bertz CT molecular complexity index is 335. The van der Waals surface area contributed by atoms with E-state index in [2.05, 4.69) is 26.2 Å². The average molecular weight is 204 g/mol. The molecular formula is C14H20O. The third-order valence-corrected chi connectivity index (χ3v) is 3.52. The number of allylic oxidation sites excluding steroid dienone is 4. The van der Waals surface area contributed by atoms with E-state index in [1.807, 2.05) is 13.0 Å². The van der Waals surface area contributed by atoms with Gasteiger partial charge in [-0.05, 0) is 43.6 Å². The molecule has 0 unspecified atom stereocenters. The maximum Gasteiger partial charge on any atom is 0.155 e. The predicted molar refractivity (Wildman–Crippen MR) is 64.6 cm³/mol. The van der Waals surface area contributed by atoms with Crippen molar-refractivity contribution in [3.05, 3.63) is 36.5 Å². The molecule has 0 spiro atoms. The van der Waals surface area contributed by atoms with E-state index in [0.29, 0.717) is 5.92 Å². The SMILES string of the molecule is C=C[C@@]1(C)CC=C(C(C)=O)C[C@@H]1C(=C)C. The summed E-state index contributed by atoms with van der Waals surface area (Å²) >= 11 is 0. The third-order valence-electron chi connectivity index (χ3n) is 3.52. The standard InChI is InChI=1S/C14H20O/c1-6-14(5)8-7-12(11(4)15)9-13(14)10(2)3/h6-7,13H,1-2,8-9H2,3-5H3/t13-,14+/m1/s1. The van der Waals surface area contributed by atoms with Gasteiger partial charge >= 0.3 is 0 Å². The lowest BCUT2D eigenvalue weighted by Crippen LogP contribution is -2.30. The number of ketones is 1. The molecule has 0 fully saturated rings. The van der Waals surface area contributed by atoms with Crippen molar-refractivity contribution < 1.29 is 4.79 Å². The lowest BCUT2D eigenvalue weighted by atomic mass is 9.65. The van der Waals surface area contributed by atoms with Gasteiger partial charge in [-0.1, -0.05) is 31.2 Å². The summed E-state index contributed by atoms with van der Waals surface area (Å²) in [6, 6.07) is 0. The quantitative estimate of drug-likeness (QED) is 0.641. The predicted octanol–water partition coefficient (Wildman–Crippen LogP) is 3.68. The molecule has 0 heterocycles. The molecule has 0 N–H and O–H groups in total. The molecule has 0 aromatic heterocycles. The van der Waals surface area contributed by atoms with E-state index < -0.39 is 0 Å². The summed E-state index contributed by atoms with van der Waals surface area (Å²) in [7, 11) is 0. The first kappa shape index (κ1) is 12.0. The molecule has 1 aliphatic carbocycles. The fourth-order valence-electron chi connectivity index (χ4n) is 2.27. The van der Waals surface area contributed by atoms with Gasteiger partial charge in [0.05, 0.1) is 0 Å². The van der Waals surface area contributed by atoms with Crippen LogP contribution in [0.1, 0.15) is 33.6 Å². The molecule has 0 radical (unpaired) electrons. The molecule has 0 amide bonds. The molecule has 0 bridgehead atoms. The number of carbonyl (C=O) groups excluding carboxylic acids is 1. The van der Waals surface area contributed by atoms with Gasteiger partial charge in [-0.3, -0.25) is 4.79 Å². The largest absolute Gasteiger partial charge is 0.295 e. The highest BCUT2D eigenvalue weighted by Gasteiger charge is 2.35. The highest BCUT2D eigenvalue weighted by Crippen LogP contribution is 2.44. The van der Waals surface area contributed by atoms with Crippen LogP contribution in [0.25, 0.3) is 0 Å². The fourth-order valence-corrected chi connectivity index (χ4v) is 2.27. The Morgan fingerprint density at radius 1 is 1.60 bits per heavy atom. The zero-order valence-electron chi connectivity index (χ0n) is 9.97. The van der Waals surface area contributed by atoms with E-state index in [4.69, 9.17) is 0 Å². The minimum Gasteiger partial charge on any atom is -0.295 e. The minimum atomic E-state index is 0.0603. The number of carbonyl (C=O) groups is 1. The lowest BCUT2D eigenvalue weighted by Gasteiger charge is -2.38. The summed E-state index contributed by atoms with van der Waals surface area (Å²) in [5, 5.41) is 0. The van der Waals surface area contributed by atoms with Gasteiger partial charge in [-0.25, -0.2) is 0 Å².